The van der Waals surface area contributed by atoms with Crippen LogP contribution in [0.3, 0.4) is 0 Å². The van der Waals surface area contributed by atoms with Crippen molar-refractivity contribution in [3.63, 3.8) is 0 Å². The van der Waals surface area contributed by atoms with Crippen molar-refractivity contribution in [2.24, 2.45) is 0 Å². The summed E-state index contributed by atoms with van der Waals surface area (Å²) in [5, 5.41) is 0. The zero-order chi connectivity index (χ0) is 9.40. The summed E-state index contributed by atoms with van der Waals surface area (Å²) < 4.78 is 0. The fourth-order valence-electron chi connectivity index (χ4n) is 0.948. The van der Waals surface area contributed by atoms with E-state index in [4.69, 9.17) is 0 Å². The largest absolute Gasteiger partial charge is 0.0990 e. The Morgan fingerprint density at radius 1 is 1.08 bits per heavy atom. The Morgan fingerprint density at radius 3 is 2.08 bits per heavy atom. The second-order valence-electron chi connectivity index (χ2n) is 2.31. The van der Waals surface area contributed by atoms with Crippen LogP contribution in [0.2, 0.25) is 0 Å². The van der Waals surface area contributed by atoms with Gasteiger partial charge in [-0.2, -0.15) is 0 Å². The first-order valence-corrected chi connectivity index (χ1v) is 4.04. The molecule has 0 aliphatic rings. The molecule has 0 saturated heterocycles. The molecule has 0 aliphatic carbocycles. The summed E-state index contributed by atoms with van der Waals surface area (Å²) in [6, 6.07) is 0. The van der Waals surface area contributed by atoms with Crippen molar-refractivity contribution >= 4 is 0 Å². The van der Waals surface area contributed by atoms with E-state index in [2.05, 4.69) is 25.3 Å². The van der Waals surface area contributed by atoms with Gasteiger partial charge in [-0.3, -0.25) is 0 Å². The Labute approximate surface area is 75.3 Å². The smallest absolute Gasteiger partial charge is 0.0194 e. The first-order chi connectivity index (χ1) is 5.79. The van der Waals surface area contributed by atoms with E-state index >= 15 is 0 Å². The highest BCUT2D eigenvalue weighted by Crippen LogP contribution is 2.12. The van der Waals surface area contributed by atoms with Gasteiger partial charge in [-0.1, -0.05) is 49.6 Å². The van der Waals surface area contributed by atoms with Crippen LogP contribution in [0, 0.1) is 0 Å². The first-order valence-electron chi connectivity index (χ1n) is 4.04. The van der Waals surface area contributed by atoms with Crippen LogP contribution < -0.4 is 0 Å². The number of allylic oxidation sites excluding steroid dienone is 8. The first kappa shape index (κ1) is 10.7. The van der Waals surface area contributed by atoms with E-state index in [-0.39, 0.29) is 0 Å². The van der Waals surface area contributed by atoms with Gasteiger partial charge in [-0.15, -0.1) is 0 Å². The number of rotatable bonds is 4. The average Bonchev–Trinajstić information content (AvgIpc) is 2.11. The molecule has 0 amide bonds. The van der Waals surface area contributed by atoms with Gasteiger partial charge < -0.3 is 0 Å². The van der Waals surface area contributed by atoms with Crippen LogP contribution in [-0.4, -0.2) is 0 Å². The Balaban J connectivity index is 4.81. The summed E-state index contributed by atoms with van der Waals surface area (Å²) in [6.07, 6.45) is 11.7. The maximum atomic E-state index is 3.74. The Kier molecular flexibility index (Phi) is 5.72. The third kappa shape index (κ3) is 3.20. The molecule has 0 N–H and O–H groups in total. The van der Waals surface area contributed by atoms with Crippen LogP contribution in [-0.2, 0) is 0 Å². The quantitative estimate of drug-likeness (QED) is 0.549. The monoisotopic (exact) mass is 160 g/mol. The molecule has 0 rings (SSSR count). The molecule has 0 atom stereocenters. The molecule has 0 radical (unpaired) electrons. The van der Waals surface area contributed by atoms with Gasteiger partial charge in [0.25, 0.3) is 0 Å². The van der Waals surface area contributed by atoms with E-state index in [1.807, 2.05) is 32.1 Å². The molecular formula is C12H16. The minimum absolute atomic E-state index is 1.10. The van der Waals surface area contributed by atoms with Gasteiger partial charge in [-0.25, -0.2) is 0 Å². The van der Waals surface area contributed by atoms with Crippen LogP contribution in [0.1, 0.15) is 13.8 Å². The predicted octanol–water partition coefficient (Wildman–Crippen LogP) is 3.81. The minimum Gasteiger partial charge on any atom is -0.0990 e. The molecule has 0 heteroatoms. The lowest BCUT2D eigenvalue weighted by Crippen LogP contribution is -1.80. The molecule has 0 aromatic heterocycles. The standard InChI is InChI=1S/C12H16/c1-5-9-11(7-3)12(8-4)10-6-2/h5-10H,1,3H2,2,4H3/b10-6-,11-9+,12-8+. The van der Waals surface area contributed by atoms with Crippen LogP contribution in [0.25, 0.3) is 0 Å². The zero-order valence-electron chi connectivity index (χ0n) is 7.88. The highest BCUT2D eigenvalue weighted by Gasteiger charge is 1.92. The van der Waals surface area contributed by atoms with Gasteiger partial charge in [0.1, 0.15) is 0 Å². The second-order valence-corrected chi connectivity index (χ2v) is 2.31. The Bertz CT molecular complexity index is 237. The third-order valence-corrected chi connectivity index (χ3v) is 1.51. The van der Waals surface area contributed by atoms with Gasteiger partial charge in [0, 0.05) is 0 Å². The Morgan fingerprint density at radius 2 is 1.75 bits per heavy atom. The third-order valence-electron chi connectivity index (χ3n) is 1.51. The van der Waals surface area contributed by atoms with E-state index in [9.17, 15) is 0 Å². The van der Waals surface area contributed by atoms with Crippen LogP contribution in [0.15, 0.2) is 60.8 Å². The molecule has 0 saturated carbocycles. The zero-order valence-corrected chi connectivity index (χ0v) is 7.88. The van der Waals surface area contributed by atoms with Crippen molar-refractivity contribution in [3.8, 4) is 0 Å². The van der Waals surface area contributed by atoms with E-state index in [0.717, 1.165) is 5.57 Å². The van der Waals surface area contributed by atoms with Crippen molar-refractivity contribution in [1.29, 1.82) is 0 Å². The summed E-state index contributed by atoms with van der Waals surface area (Å²) in [6.45, 7) is 11.4. The van der Waals surface area contributed by atoms with Crippen LogP contribution in [0.4, 0.5) is 0 Å². The minimum atomic E-state index is 1.10. The van der Waals surface area contributed by atoms with E-state index < -0.39 is 0 Å². The van der Waals surface area contributed by atoms with Crippen molar-refractivity contribution in [3.05, 3.63) is 60.8 Å². The lowest BCUT2D eigenvalue weighted by molar-refractivity contribution is 1.49. The van der Waals surface area contributed by atoms with Gasteiger partial charge in [0.2, 0.25) is 0 Å². The van der Waals surface area contributed by atoms with Gasteiger partial charge in [0.05, 0.1) is 0 Å². The van der Waals surface area contributed by atoms with Crippen LogP contribution >= 0.6 is 0 Å². The summed E-state index contributed by atoms with van der Waals surface area (Å²) in [5.41, 5.74) is 2.28. The maximum absolute atomic E-state index is 3.74. The average molecular weight is 160 g/mol. The molecular weight excluding hydrogens is 144 g/mol. The maximum Gasteiger partial charge on any atom is -0.0194 e. The van der Waals surface area contributed by atoms with Crippen LogP contribution in [0.5, 0.6) is 0 Å². The molecule has 0 fully saturated rings. The lowest BCUT2D eigenvalue weighted by atomic mass is 10.1. The van der Waals surface area contributed by atoms with Gasteiger partial charge >= 0.3 is 0 Å². The summed E-state index contributed by atoms with van der Waals surface area (Å²) in [4.78, 5) is 0. The van der Waals surface area contributed by atoms with Crippen molar-refractivity contribution in [2.75, 3.05) is 0 Å². The van der Waals surface area contributed by atoms with E-state index in [1.54, 1.807) is 6.08 Å². The molecule has 0 spiro atoms. The lowest BCUT2D eigenvalue weighted by Gasteiger charge is -2.00. The van der Waals surface area contributed by atoms with Crippen molar-refractivity contribution < 1.29 is 0 Å². The topological polar surface area (TPSA) is 0 Å². The van der Waals surface area contributed by atoms with E-state index in [1.165, 1.54) is 5.57 Å². The fraction of sp³-hybridized carbons (Fsp3) is 0.167. The normalized spacial score (nSPS) is 13.5. The molecule has 0 bridgehead atoms. The molecule has 0 unspecified atom stereocenters. The fourth-order valence-corrected chi connectivity index (χ4v) is 0.948. The van der Waals surface area contributed by atoms with Gasteiger partial charge in [0.15, 0.2) is 0 Å². The highest BCUT2D eigenvalue weighted by atomic mass is 14.0. The molecule has 12 heavy (non-hydrogen) atoms. The highest BCUT2D eigenvalue weighted by molar-refractivity contribution is 5.46. The van der Waals surface area contributed by atoms with Crippen molar-refractivity contribution in [2.45, 2.75) is 13.8 Å². The molecule has 0 aromatic rings. The summed E-state index contributed by atoms with van der Waals surface area (Å²) in [5.74, 6) is 0. The number of hydrogen-bond acceptors (Lipinski definition) is 0. The molecule has 64 valence electrons. The molecule has 0 nitrogen and oxygen atoms in total. The summed E-state index contributed by atoms with van der Waals surface area (Å²) >= 11 is 0. The van der Waals surface area contributed by atoms with E-state index in [0.29, 0.717) is 0 Å². The van der Waals surface area contributed by atoms with Crippen molar-refractivity contribution in [1.82, 2.24) is 0 Å². The predicted molar refractivity (Wildman–Crippen MR) is 57.0 cm³/mol. The SMILES string of the molecule is C=C/C=C(C=C)/C(/C=C\C)=C/C. The second kappa shape index (κ2) is 6.41. The summed E-state index contributed by atoms with van der Waals surface area (Å²) in [7, 11) is 0. The molecule has 0 aliphatic heterocycles. The number of hydrogen-bond donors (Lipinski definition) is 0. The Hall–Kier alpha value is -1.30. The molecule has 0 heterocycles. The molecule has 0 aromatic carbocycles. The van der Waals surface area contributed by atoms with Gasteiger partial charge in [-0.05, 0) is 25.0 Å².